The number of hydrogen-bond donors (Lipinski definition) is 0. The highest BCUT2D eigenvalue weighted by Gasteiger charge is 2.61. The molecule has 5 atom stereocenters. The summed E-state index contributed by atoms with van der Waals surface area (Å²) in [6.45, 7) is 9.20. The maximum atomic E-state index is 11.5. The Morgan fingerprint density at radius 3 is 2.63 bits per heavy atom. The summed E-state index contributed by atoms with van der Waals surface area (Å²) in [4.78, 5) is 22.5. The molecule has 4 rings (SSSR count). The minimum absolute atomic E-state index is 0.0501. The molecule has 3 aliphatic carbocycles. The maximum absolute atomic E-state index is 11.5. The molecule has 0 amide bonds. The molecule has 0 unspecified atom stereocenters. The van der Waals surface area contributed by atoms with Gasteiger partial charge in [-0.3, -0.25) is 4.79 Å². The highest BCUT2D eigenvalue weighted by molar-refractivity contribution is 5.65. The predicted molar refractivity (Wildman–Crippen MR) is 110 cm³/mol. The molecule has 2 fully saturated rings. The van der Waals surface area contributed by atoms with Crippen molar-refractivity contribution in [2.75, 3.05) is 6.61 Å². The van der Waals surface area contributed by atoms with Crippen molar-refractivity contribution in [2.45, 2.75) is 84.6 Å². The third-order valence-electron chi connectivity index (χ3n) is 8.95. The van der Waals surface area contributed by atoms with Gasteiger partial charge in [0.2, 0.25) is 0 Å². The van der Waals surface area contributed by atoms with Gasteiger partial charge in [-0.1, -0.05) is 27.2 Å². The fourth-order valence-electron chi connectivity index (χ4n) is 7.76. The molecule has 30 heavy (non-hydrogen) atoms. The van der Waals surface area contributed by atoms with Gasteiger partial charge in [-0.25, -0.2) is 0 Å². The standard InChI is InChI=1S/C25H35NO4/c1-17(27)30-16-23(2)10-5-11-25(4)20(23)8-12-24(3)19-9-13-26(15-22(28)29)14-18(19)6-7-21(24)25/h9,13-14,20-21H,5-8,10-12,15-16H2,1-4H3/t20-,21-,23+,24-,25-/m0/s1. The highest BCUT2D eigenvalue weighted by atomic mass is 16.5. The Balaban J connectivity index is 1.66. The molecule has 1 heterocycles. The molecule has 0 bridgehead atoms. The molecule has 3 aliphatic rings. The van der Waals surface area contributed by atoms with E-state index in [0.29, 0.717) is 18.4 Å². The summed E-state index contributed by atoms with van der Waals surface area (Å²) in [6, 6.07) is 2.16. The number of nitrogens with zero attached hydrogens (tertiary/aromatic N) is 1. The van der Waals surface area contributed by atoms with Crippen LogP contribution in [-0.2, 0) is 32.7 Å². The first-order chi connectivity index (χ1) is 14.1. The van der Waals surface area contributed by atoms with Crippen LogP contribution < -0.4 is 9.67 Å². The first-order valence-electron chi connectivity index (χ1n) is 11.4. The van der Waals surface area contributed by atoms with Crippen molar-refractivity contribution in [1.82, 2.24) is 0 Å². The molecule has 0 N–H and O–H groups in total. The number of aryl methyl sites for hydroxylation is 1. The summed E-state index contributed by atoms with van der Waals surface area (Å²) in [5, 5.41) is 11.0. The summed E-state index contributed by atoms with van der Waals surface area (Å²) in [5.41, 5.74) is 3.08. The second-order valence-corrected chi connectivity index (χ2v) is 10.8. The Labute approximate surface area is 179 Å². The van der Waals surface area contributed by atoms with Crippen LogP contribution in [0.25, 0.3) is 0 Å². The Kier molecular flexibility index (Phi) is 5.22. The molecular formula is C25H35NO4. The minimum atomic E-state index is -1.05. The van der Waals surface area contributed by atoms with Crippen LogP contribution in [0.1, 0.15) is 77.3 Å². The molecule has 5 heteroatoms. The smallest absolute Gasteiger partial charge is 0.302 e. The van der Waals surface area contributed by atoms with Crippen LogP contribution in [0.2, 0.25) is 0 Å². The molecule has 1 aromatic heterocycles. The van der Waals surface area contributed by atoms with E-state index in [4.69, 9.17) is 4.74 Å². The van der Waals surface area contributed by atoms with Crippen LogP contribution in [-0.4, -0.2) is 18.5 Å². The first-order valence-corrected chi connectivity index (χ1v) is 11.4. The van der Waals surface area contributed by atoms with Crippen molar-refractivity contribution >= 4 is 11.9 Å². The van der Waals surface area contributed by atoms with Gasteiger partial charge in [-0.05, 0) is 66.8 Å². The molecule has 0 saturated heterocycles. The van der Waals surface area contributed by atoms with Crippen molar-refractivity contribution in [3.05, 3.63) is 29.6 Å². The lowest BCUT2D eigenvalue weighted by molar-refractivity contribution is -0.691. The van der Waals surface area contributed by atoms with E-state index in [1.165, 1.54) is 30.9 Å². The van der Waals surface area contributed by atoms with Crippen LogP contribution in [0.15, 0.2) is 18.5 Å². The molecule has 5 nitrogen and oxygen atoms in total. The van der Waals surface area contributed by atoms with E-state index < -0.39 is 5.97 Å². The number of aliphatic carboxylic acids is 1. The zero-order chi connectivity index (χ0) is 21.7. The number of rotatable bonds is 4. The van der Waals surface area contributed by atoms with Gasteiger partial charge in [-0.2, -0.15) is 4.57 Å². The SMILES string of the molecule is CC(=O)OC[C@@]1(C)CCC[C@]2(C)[C@H]3CCc4c[n+](CC(=O)[O-])ccc4[C@]3(C)CC[C@@H]12. The summed E-state index contributed by atoms with van der Waals surface area (Å²) in [6.07, 6.45) is 11.9. The van der Waals surface area contributed by atoms with E-state index in [1.54, 1.807) is 4.57 Å². The number of carboxylic acid groups (broad SMARTS) is 1. The Bertz CT molecular complexity index is 867. The van der Waals surface area contributed by atoms with Gasteiger partial charge in [0, 0.05) is 24.0 Å². The molecule has 0 aromatic carbocycles. The van der Waals surface area contributed by atoms with Crippen LogP contribution in [0, 0.1) is 22.7 Å². The molecule has 2 saturated carbocycles. The van der Waals surface area contributed by atoms with Gasteiger partial charge in [0.15, 0.2) is 18.9 Å². The van der Waals surface area contributed by atoms with E-state index in [1.807, 2.05) is 12.4 Å². The zero-order valence-corrected chi connectivity index (χ0v) is 18.8. The molecule has 0 spiro atoms. The average Bonchev–Trinajstić information content (AvgIpc) is 2.65. The van der Waals surface area contributed by atoms with E-state index in [2.05, 4.69) is 26.8 Å². The van der Waals surface area contributed by atoms with Gasteiger partial charge in [0.1, 0.15) is 5.97 Å². The minimum Gasteiger partial charge on any atom is -0.544 e. The third kappa shape index (κ3) is 3.34. The Hall–Kier alpha value is -1.91. The summed E-state index contributed by atoms with van der Waals surface area (Å²) in [5.74, 6) is -0.0857. The predicted octanol–water partition coefficient (Wildman–Crippen LogP) is 2.71. The van der Waals surface area contributed by atoms with Gasteiger partial charge in [-0.15, -0.1) is 0 Å². The van der Waals surface area contributed by atoms with Crippen molar-refractivity contribution in [3.8, 4) is 0 Å². The van der Waals surface area contributed by atoms with Crippen LogP contribution in [0.5, 0.6) is 0 Å². The van der Waals surface area contributed by atoms with E-state index in [9.17, 15) is 14.7 Å². The molecule has 0 aliphatic heterocycles. The molecule has 164 valence electrons. The number of carbonyl (C=O) groups is 2. The number of aromatic nitrogens is 1. The maximum Gasteiger partial charge on any atom is 0.302 e. The van der Waals surface area contributed by atoms with E-state index >= 15 is 0 Å². The number of esters is 1. The largest absolute Gasteiger partial charge is 0.544 e. The number of carboxylic acids is 1. The van der Waals surface area contributed by atoms with Crippen molar-refractivity contribution in [2.24, 2.45) is 22.7 Å². The fraction of sp³-hybridized carbons (Fsp3) is 0.720. The van der Waals surface area contributed by atoms with Crippen LogP contribution in [0.4, 0.5) is 0 Å². The quantitative estimate of drug-likeness (QED) is 0.562. The number of fused-ring (bicyclic) bond motifs is 5. The normalized spacial score (nSPS) is 37.5. The third-order valence-corrected chi connectivity index (χ3v) is 8.95. The van der Waals surface area contributed by atoms with Gasteiger partial charge >= 0.3 is 5.97 Å². The van der Waals surface area contributed by atoms with Crippen molar-refractivity contribution in [3.63, 3.8) is 0 Å². The van der Waals surface area contributed by atoms with E-state index in [-0.39, 0.29) is 28.8 Å². The Morgan fingerprint density at radius 1 is 1.17 bits per heavy atom. The molecule has 1 aromatic rings. The lowest BCUT2D eigenvalue weighted by Crippen LogP contribution is -2.59. The number of hydrogen-bond acceptors (Lipinski definition) is 4. The number of carbonyl (C=O) groups excluding carboxylic acids is 2. The lowest BCUT2D eigenvalue weighted by atomic mass is 9.40. The molecule has 0 radical (unpaired) electrons. The van der Waals surface area contributed by atoms with Crippen molar-refractivity contribution < 1.29 is 24.0 Å². The topological polar surface area (TPSA) is 70.3 Å². The zero-order valence-electron chi connectivity index (χ0n) is 18.8. The van der Waals surface area contributed by atoms with Gasteiger partial charge < -0.3 is 14.6 Å². The first kappa shape index (κ1) is 21.3. The Morgan fingerprint density at radius 2 is 1.93 bits per heavy atom. The monoisotopic (exact) mass is 413 g/mol. The fourth-order valence-corrected chi connectivity index (χ4v) is 7.76. The summed E-state index contributed by atoms with van der Waals surface area (Å²) < 4.78 is 7.28. The summed E-state index contributed by atoms with van der Waals surface area (Å²) >= 11 is 0. The van der Waals surface area contributed by atoms with Crippen LogP contribution >= 0.6 is 0 Å². The lowest BCUT2D eigenvalue weighted by Gasteiger charge is -2.64. The van der Waals surface area contributed by atoms with Gasteiger partial charge in [0.05, 0.1) is 6.61 Å². The molecular weight excluding hydrogens is 378 g/mol. The second kappa shape index (κ2) is 7.35. The van der Waals surface area contributed by atoms with Crippen LogP contribution in [0.3, 0.4) is 0 Å². The van der Waals surface area contributed by atoms with Crippen molar-refractivity contribution in [1.29, 1.82) is 0 Å². The average molecular weight is 414 g/mol. The summed E-state index contributed by atoms with van der Waals surface area (Å²) in [7, 11) is 0. The van der Waals surface area contributed by atoms with E-state index in [0.717, 1.165) is 32.1 Å². The second-order valence-electron chi connectivity index (χ2n) is 10.8. The number of ether oxygens (including phenoxy) is 1. The number of pyridine rings is 1. The van der Waals surface area contributed by atoms with Gasteiger partial charge in [0.25, 0.3) is 0 Å². The highest BCUT2D eigenvalue weighted by Crippen LogP contribution is 2.66.